The minimum atomic E-state index is 0.733. The lowest BCUT2D eigenvalue weighted by atomic mass is 10.2. The number of aromatic nitrogens is 3. The van der Waals surface area contributed by atoms with Gasteiger partial charge in [-0.15, -0.1) is 0 Å². The van der Waals surface area contributed by atoms with E-state index in [1.54, 1.807) is 0 Å². The molecule has 0 bridgehead atoms. The number of benzene rings is 1. The van der Waals surface area contributed by atoms with Crippen LogP contribution in [0.4, 0.5) is 0 Å². The summed E-state index contributed by atoms with van der Waals surface area (Å²) in [7, 11) is 0. The van der Waals surface area contributed by atoms with Crippen LogP contribution in [0, 0.1) is 13.8 Å². The number of aryl methyl sites for hydroxylation is 1. The van der Waals surface area contributed by atoms with Gasteiger partial charge in [0, 0.05) is 47.7 Å². The molecule has 0 aliphatic heterocycles. The van der Waals surface area contributed by atoms with Gasteiger partial charge >= 0.3 is 0 Å². The third-order valence-electron chi connectivity index (χ3n) is 4.10. The molecule has 0 aliphatic carbocycles. The van der Waals surface area contributed by atoms with Crippen molar-refractivity contribution in [2.75, 3.05) is 6.54 Å². The average Bonchev–Trinajstić information content (AvgIpc) is 2.88. The lowest BCUT2D eigenvalue weighted by Crippen LogP contribution is -2.18. The Kier molecular flexibility index (Phi) is 5.28. The zero-order valence-corrected chi connectivity index (χ0v) is 14.7. The van der Waals surface area contributed by atoms with E-state index in [0.29, 0.717) is 0 Å². The fraction of sp³-hybridized carbons (Fsp3) is 0.263. The highest BCUT2D eigenvalue weighted by Gasteiger charge is 2.12. The van der Waals surface area contributed by atoms with Crippen LogP contribution in [-0.2, 0) is 13.0 Å². The third-order valence-corrected chi connectivity index (χ3v) is 4.35. The summed E-state index contributed by atoms with van der Waals surface area (Å²) < 4.78 is 1.97. The van der Waals surface area contributed by atoms with Crippen LogP contribution in [0.5, 0.6) is 0 Å². The Labute approximate surface area is 147 Å². The van der Waals surface area contributed by atoms with Gasteiger partial charge in [0.25, 0.3) is 0 Å². The lowest BCUT2D eigenvalue weighted by Gasteiger charge is -2.07. The minimum absolute atomic E-state index is 0.733. The summed E-state index contributed by atoms with van der Waals surface area (Å²) in [4.78, 5) is 4.34. The lowest BCUT2D eigenvalue weighted by molar-refractivity contribution is 0.675. The van der Waals surface area contributed by atoms with Crippen molar-refractivity contribution in [1.82, 2.24) is 20.1 Å². The number of pyridine rings is 1. The highest BCUT2D eigenvalue weighted by atomic mass is 35.5. The van der Waals surface area contributed by atoms with Gasteiger partial charge in [-0.05, 0) is 50.2 Å². The maximum atomic E-state index is 5.97. The van der Waals surface area contributed by atoms with Crippen LogP contribution in [0.1, 0.15) is 22.6 Å². The summed E-state index contributed by atoms with van der Waals surface area (Å²) in [5, 5.41) is 8.89. The molecule has 0 amide bonds. The Morgan fingerprint density at radius 3 is 2.58 bits per heavy atom. The molecule has 0 radical (unpaired) electrons. The molecular weight excluding hydrogens is 320 g/mol. The van der Waals surface area contributed by atoms with E-state index in [9.17, 15) is 0 Å². The fourth-order valence-corrected chi connectivity index (χ4v) is 2.87. The maximum Gasteiger partial charge on any atom is 0.0649 e. The monoisotopic (exact) mass is 340 g/mol. The number of rotatable bonds is 6. The molecule has 0 aliphatic rings. The van der Waals surface area contributed by atoms with Gasteiger partial charge in [0.15, 0.2) is 0 Å². The molecule has 2 aromatic heterocycles. The van der Waals surface area contributed by atoms with Gasteiger partial charge in [-0.3, -0.25) is 4.98 Å². The molecule has 0 unspecified atom stereocenters. The predicted octanol–water partition coefficient (Wildman–Crippen LogP) is 3.87. The van der Waals surface area contributed by atoms with Crippen LogP contribution in [0.2, 0.25) is 5.02 Å². The molecule has 3 aromatic rings. The number of hydrogen-bond acceptors (Lipinski definition) is 3. The Balaban J connectivity index is 1.65. The van der Waals surface area contributed by atoms with Crippen molar-refractivity contribution in [3.05, 3.63) is 76.3 Å². The number of hydrogen-bond donors (Lipinski definition) is 1. The molecule has 24 heavy (non-hydrogen) atoms. The van der Waals surface area contributed by atoms with Gasteiger partial charge in [-0.25, -0.2) is 4.68 Å². The fourth-order valence-electron chi connectivity index (χ4n) is 2.74. The molecule has 0 atom stereocenters. The van der Waals surface area contributed by atoms with Crippen LogP contribution in [0.25, 0.3) is 5.69 Å². The summed E-state index contributed by atoms with van der Waals surface area (Å²) in [6.45, 7) is 5.85. The van der Waals surface area contributed by atoms with Crippen LogP contribution in [0.3, 0.4) is 0 Å². The van der Waals surface area contributed by atoms with E-state index < -0.39 is 0 Å². The van der Waals surface area contributed by atoms with Crippen molar-refractivity contribution in [3.63, 3.8) is 0 Å². The smallest absolute Gasteiger partial charge is 0.0649 e. The SMILES string of the molecule is Cc1nn(-c2ccc(Cl)cc2)c(C)c1CNCCc1ccccn1. The van der Waals surface area contributed by atoms with Gasteiger partial charge < -0.3 is 5.32 Å². The molecular formula is C19H21ClN4. The Morgan fingerprint density at radius 2 is 1.88 bits per heavy atom. The van der Waals surface area contributed by atoms with E-state index in [4.69, 9.17) is 11.6 Å². The van der Waals surface area contributed by atoms with Crippen molar-refractivity contribution >= 4 is 11.6 Å². The molecule has 1 aromatic carbocycles. The van der Waals surface area contributed by atoms with E-state index in [1.807, 2.05) is 47.3 Å². The van der Waals surface area contributed by atoms with Crippen molar-refractivity contribution in [3.8, 4) is 5.69 Å². The summed E-state index contributed by atoms with van der Waals surface area (Å²) in [6, 6.07) is 13.8. The highest BCUT2D eigenvalue weighted by molar-refractivity contribution is 6.30. The van der Waals surface area contributed by atoms with Gasteiger partial charge in [-0.1, -0.05) is 17.7 Å². The van der Waals surface area contributed by atoms with E-state index in [1.165, 1.54) is 5.56 Å². The third kappa shape index (κ3) is 3.83. The Morgan fingerprint density at radius 1 is 1.08 bits per heavy atom. The molecule has 124 valence electrons. The second-order valence-electron chi connectivity index (χ2n) is 5.79. The Bertz CT molecular complexity index is 794. The second-order valence-corrected chi connectivity index (χ2v) is 6.22. The first-order valence-electron chi connectivity index (χ1n) is 8.07. The summed E-state index contributed by atoms with van der Waals surface area (Å²) in [5.41, 5.74) is 5.58. The van der Waals surface area contributed by atoms with E-state index in [2.05, 4.69) is 35.3 Å². The van der Waals surface area contributed by atoms with E-state index >= 15 is 0 Å². The van der Waals surface area contributed by atoms with Gasteiger partial charge in [0.2, 0.25) is 0 Å². The Hall–Kier alpha value is -2.17. The average molecular weight is 341 g/mol. The second kappa shape index (κ2) is 7.60. The van der Waals surface area contributed by atoms with Crippen molar-refractivity contribution in [2.45, 2.75) is 26.8 Å². The maximum absolute atomic E-state index is 5.97. The zero-order valence-electron chi connectivity index (χ0n) is 14.0. The van der Waals surface area contributed by atoms with Crippen molar-refractivity contribution < 1.29 is 0 Å². The topological polar surface area (TPSA) is 42.7 Å². The largest absolute Gasteiger partial charge is 0.312 e. The van der Waals surface area contributed by atoms with Crippen molar-refractivity contribution in [2.24, 2.45) is 0 Å². The molecule has 0 saturated heterocycles. The normalized spacial score (nSPS) is 11.0. The van der Waals surface area contributed by atoms with Crippen LogP contribution in [0.15, 0.2) is 48.7 Å². The summed E-state index contributed by atoms with van der Waals surface area (Å²) in [6.07, 6.45) is 2.75. The summed E-state index contributed by atoms with van der Waals surface area (Å²) >= 11 is 5.97. The first-order valence-corrected chi connectivity index (χ1v) is 8.44. The highest BCUT2D eigenvalue weighted by Crippen LogP contribution is 2.19. The minimum Gasteiger partial charge on any atom is -0.312 e. The first-order chi connectivity index (χ1) is 11.6. The van der Waals surface area contributed by atoms with Gasteiger partial charge in [-0.2, -0.15) is 5.10 Å². The first kappa shape index (κ1) is 16.7. The quantitative estimate of drug-likeness (QED) is 0.693. The van der Waals surface area contributed by atoms with Crippen molar-refractivity contribution in [1.29, 1.82) is 0 Å². The van der Waals surface area contributed by atoms with Crippen LogP contribution >= 0.6 is 11.6 Å². The molecule has 0 saturated carbocycles. The molecule has 3 rings (SSSR count). The van der Waals surface area contributed by atoms with E-state index in [-0.39, 0.29) is 0 Å². The molecule has 4 nitrogen and oxygen atoms in total. The number of halogens is 1. The molecule has 5 heteroatoms. The molecule has 2 heterocycles. The predicted molar refractivity (Wildman–Crippen MR) is 97.7 cm³/mol. The van der Waals surface area contributed by atoms with Crippen LogP contribution in [-0.4, -0.2) is 21.3 Å². The van der Waals surface area contributed by atoms with Gasteiger partial charge in [0.1, 0.15) is 0 Å². The molecule has 0 spiro atoms. The zero-order chi connectivity index (χ0) is 16.9. The van der Waals surface area contributed by atoms with Crippen LogP contribution < -0.4 is 5.32 Å². The molecule has 1 N–H and O–H groups in total. The number of nitrogens with zero attached hydrogens (tertiary/aromatic N) is 3. The van der Waals surface area contributed by atoms with Gasteiger partial charge in [0.05, 0.1) is 11.4 Å². The molecule has 0 fully saturated rings. The van der Waals surface area contributed by atoms with E-state index in [0.717, 1.165) is 47.3 Å². The summed E-state index contributed by atoms with van der Waals surface area (Å²) in [5.74, 6) is 0. The number of nitrogens with one attached hydrogen (secondary N) is 1. The standard InChI is InChI=1S/C19H21ClN4/c1-14-19(13-21-12-10-17-5-3-4-11-22-17)15(2)24(23-14)18-8-6-16(20)7-9-18/h3-9,11,21H,10,12-13H2,1-2H3.